The summed E-state index contributed by atoms with van der Waals surface area (Å²) in [7, 11) is 0. The molecule has 240 valence electrons. The molecule has 4 heterocycles. The van der Waals surface area contributed by atoms with Crippen LogP contribution >= 0.6 is 11.3 Å². The number of hydrogen-bond acceptors (Lipinski definition) is 8. The average molecular weight is 649 g/mol. The lowest BCUT2D eigenvalue weighted by Crippen LogP contribution is -2.34. The van der Waals surface area contributed by atoms with E-state index < -0.39 is 6.16 Å². The van der Waals surface area contributed by atoms with Crippen molar-refractivity contribution in [2.45, 2.75) is 64.5 Å². The van der Waals surface area contributed by atoms with Crippen molar-refractivity contribution in [3.63, 3.8) is 0 Å². The van der Waals surface area contributed by atoms with E-state index in [4.69, 9.17) is 4.74 Å². The van der Waals surface area contributed by atoms with E-state index in [1.54, 1.807) is 6.20 Å². The van der Waals surface area contributed by atoms with E-state index in [2.05, 4.69) is 25.3 Å². The number of para-hydroxylation sites is 1. The van der Waals surface area contributed by atoms with E-state index >= 15 is 0 Å². The highest BCUT2D eigenvalue weighted by molar-refractivity contribution is 7.22. The molecule has 10 nitrogen and oxygen atoms in total. The lowest BCUT2D eigenvalue weighted by atomic mass is 9.59. The first-order valence-corrected chi connectivity index (χ1v) is 17.2. The topological polar surface area (TPSA) is 122 Å². The van der Waals surface area contributed by atoms with Gasteiger partial charge in [-0.15, -0.1) is 0 Å². The third kappa shape index (κ3) is 5.95. The fourth-order valence-electron chi connectivity index (χ4n) is 7.58. The Labute approximate surface area is 276 Å². The van der Waals surface area contributed by atoms with Crippen LogP contribution in [0.5, 0.6) is 5.88 Å². The Morgan fingerprint density at radius 3 is 2.66 bits per heavy atom. The van der Waals surface area contributed by atoms with Gasteiger partial charge in [0.15, 0.2) is 5.13 Å². The zero-order valence-corrected chi connectivity index (χ0v) is 26.8. The van der Waals surface area contributed by atoms with E-state index in [1.165, 1.54) is 56.3 Å². The smallest absolute Gasteiger partial charge is 0.449 e. The van der Waals surface area contributed by atoms with Crippen molar-refractivity contribution >= 4 is 44.6 Å². The number of nitrogens with zero attached hydrogens (tertiary/aromatic N) is 5. The van der Waals surface area contributed by atoms with Crippen LogP contribution in [0.3, 0.4) is 0 Å². The highest BCUT2D eigenvalue weighted by Gasteiger charge is 2.40. The number of hydrogen-bond donors (Lipinski definition) is 2. The van der Waals surface area contributed by atoms with Crippen LogP contribution in [0.2, 0.25) is 0 Å². The Hall–Kier alpha value is -4.77. The first kappa shape index (κ1) is 29.6. The van der Waals surface area contributed by atoms with Crippen molar-refractivity contribution < 1.29 is 19.4 Å². The Bertz CT molecular complexity index is 1940. The Morgan fingerprint density at radius 1 is 1.02 bits per heavy atom. The minimum Gasteiger partial charge on any atom is -0.449 e. The minimum absolute atomic E-state index is 0.0202. The molecule has 2 aliphatic carbocycles. The number of fused-ring (bicyclic) bond motifs is 2. The average Bonchev–Trinajstić information content (AvgIpc) is 3.70. The Balaban J connectivity index is 1.00. The molecule has 2 N–H and O–H groups in total. The van der Waals surface area contributed by atoms with Crippen LogP contribution in [0.25, 0.3) is 21.3 Å². The molecule has 0 atom stereocenters. The number of anilines is 2. The van der Waals surface area contributed by atoms with Crippen molar-refractivity contribution in [1.82, 2.24) is 19.7 Å². The van der Waals surface area contributed by atoms with Crippen LogP contribution < -0.4 is 15.0 Å². The number of rotatable bonds is 7. The molecular weight excluding hydrogens is 613 g/mol. The predicted molar refractivity (Wildman–Crippen MR) is 181 cm³/mol. The number of carbonyl (C=O) groups excluding carboxylic acids is 1. The van der Waals surface area contributed by atoms with Crippen LogP contribution in [0.4, 0.5) is 15.7 Å². The van der Waals surface area contributed by atoms with Crippen molar-refractivity contribution in [2.24, 2.45) is 11.3 Å². The molecule has 2 fully saturated rings. The summed E-state index contributed by atoms with van der Waals surface area (Å²) in [6.45, 7) is 1.96. The third-order valence-electron chi connectivity index (χ3n) is 10.4. The van der Waals surface area contributed by atoms with Gasteiger partial charge in [0, 0.05) is 42.5 Å². The molecule has 0 radical (unpaired) electrons. The lowest BCUT2D eigenvalue weighted by Gasteiger charge is -2.47. The van der Waals surface area contributed by atoms with Crippen LogP contribution in [0.15, 0.2) is 67.0 Å². The summed E-state index contributed by atoms with van der Waals surface area (Å²) in [5.74, 6) is 0.997. The SMILES string of the molecule is O=C(O)Oc1nc(N2CCc3cccc(C(=O)Nc4nc5ccccc5s4)c3C2)ccc1-c1cnn(CC2CCC3(CCC3)CC2)c1. The third-order valence-corrected chi connectivity index (χ3v) is 11.3. The molecule has 3 aromatic heterocycles. The largest absolute Gasteiger partial charge is 0.512 e. The van der Waals surface area contributed by atoms with Crippen LogP contribution in [0.1, 0.15) is 66.4 Å². The van der Waals surface area contributed by atoms with Crippen LogP contribution in [0, 0.1) is 11.3 Å². The van der Waals surface area contributed by atoms with Gasteiger partial charge >= 0.3 is 6.16 Å². The fraction of sp³-hybridized carbons (Fsp3) is 0.361. The number of amides is 1. The molecule has 5 aromatic rings. The number of thiazole rings is 1. The van der Waals surface area contributed by atoms with Gasteiger partial charge in [-0.1, -0.05) is 42.0 Å². The molecule has 11 heteroatoms. The lowest BCUT2D eigenvalue weighted by molar-refractivity contribution is 0.0508. The molecule has 2 saturated carbocycles. The molecule has 3 aliphatic rings. The van der Waals surface area contributed by atoms with Gasteiger partial charge in [-0.3, -0.25) is 14.8 Å². The molecule has 1 aliphatic heterocycles. The van der Waals surface area contributed by atoms with Gasteiger partial charge in [0.1, 0.15) is 5.82 Å². The molecular formula is C36H36N6O4S. The van der Waals surface area contributed by atoms with E-state index in [9.17, 15) is 14.7 Å². The number of pyridine rings is 1. The quantitative estimate of drug-likeness (QED) is 0.172. The van der Waals surface area contributed by atoms with Gasteiger partial charge in [0.05, 0.1) is 16.4 Å². The zero-order chi connectivity index (χ0) is 32.0. The summed E-state index contributed by atoms with van der Waals surface area (Å²) in [4.78, 5) is 36.5. The molecule has 1 spiro atoms. The van der Waals surface area contributed by atoms with E-state index in [0.717, 1.165) is 33.5 Å². The standard InChI is InChI=1S/C36H36N6O4S/c43-32(40-34-38-29-7-1-2-8-30(29)47-34)27-6-3-5-24-13-18-41(22-28(24)27)31-10-9-26(33(39-31)46-35(44)45)25-19-37-42(21-25)20-23-11-16-36(17-12-23)14-4-15-36/h1-3,5-10,19,21,23H,4,11-18,20,22H2,(H,44,45)(H,38,40,43). The predicted octanol–water partition coefficient (Wildman–Crippen LogP) is 7.79. The van der Waals surface area contributed by atoms with E-state index in [1.807, 2.05) is 65.5 Å². The summed E-state index contributed by atoms with van der Waals surface area (Å²) < 4.78 is 8.21. The monoisotopic (exact) mass is 648 g/mol. The number of carbonyl (C=O) groups is 2. The maximum Gasteiger partial charge on any atom is 0.512 e. The first-order chi connectivity index (χ1) is 22.9. The highest BCUT2D eigenvalue weighted by atomic mass is 32.1. The van der Waals surface area contributed by atoms with Crippen molar-refractivity contribution in [3.8, 4) is 17.0 Å². The van der Waals surface area contributed by atoms with Crippen molar-refractivity contribution in [3.05, 3.63) is 83.7 Å². The second-order valence-corrected chi connectivity index (χ2v) is 14.2. The molecule has 0 bridgehead atoms. The van der Waals surface area contributed by atoms with Crippen LogP contribution in [-0.4, -0.2) is 43.5 Å². The molecule has 47 heavy (non-hydrogen) atoms. The summed E-state index contributed by atoms with van der Waals surface area (Å²) in [6.07, 6.45) is 12.3. The maximum absolute atomic E-state index is 13.5. The normalized spacial score (nSPS) is 17.3. The van der Waals surface area contributed by atoms with E-state index in [-0.39, 0.29) is 11.8 Å². The summed E-state index contributed by atoms with van der Waals surface area (Å²) in [6, 6.07) is 17.3. The Morgan fingerprint density at radius 2 is 1.87 bits per heavy atom. The van der Waals surface area contributed by atoms with Gasteiger partial charge in [-0.25, -0.2) is 9.78 Å². The number of nitrogens with one attached hydrogen (secondary N) is 1. The molecule has 8 rings (SSSR count). The van der Waals surface area contributed by atoms with E-state index in [0.29, 0.717) is 52.9 Å². The number of aromatic nitrogens is 4. The van der Waals surface area contributed by atoms with Crippen LogP contribution in [-0.2, 0) is 19.5 Å². The number of ether oxygens (including phenoxy) is 1. The van der Waals surface area contributed by atoms with Gasteiger partial charge < -0.3 is 14.7 Å². The molecule has 2 aromatic carbocycles. The van der Waals surface area contributed by atoms with Crippen molar-refractivity contribution in [2.75, 3.05) is 16.8 Å². The second-order valence-electron chi connectivity index (χ2n) is 13.2. The first-order valence-electron chi connectivity index (χ1n) is 16.4. The summed E-state index contributed by atoms with van der Waals surface area (Å²) >= 11 is 1.44. The molecule has 0 saturated heterocycles. The van der Waals surface area contributed by atoms with Gasteiger partial charge in [-0.05, 0) is 97.7 Å². The second kappa shape index (κ2) is 12.1. The minimum atomic E-state index is -1.42. The molecule has 1 amide bonds. The zero-order valence-electron chi connectivity index (χ0n) is 26.0. The van der Waals surface area contributed by atoms with Gasteiger partial charge in [0.2, 0.25) is 5.88 Å². The summed E-state index contributed by atoms with van der Waals surface area (Å²) in [5, 5.41) is 17.7. The maximum atomic E-state index is 13.5. The number of benzene rings is 2. The fourth-order valence-corrected chi connectivity index (χ4v) is 8.44. The Kier molecular flexibility index (Phi) is 7.63. The molecule has 0 unspecified atom stereocenters. The van der Waals surface area contributed by atoms with Crippen molar-refractivity contribution in [1.29, 1.82) is 0 Å². The number of carboxylic acid groups (broad SMARTS) is 1. The highest BCUT2D eigenvalue weighted by Crippen LogP contribution is 2.52. The van der Waals surface area contributed by atoms with Gasteiger partial charge in [0.25, 0.3) is 5.91 Å². The summed E-state index contributed by atoms with van der Waals surface area (Å²) in [5.41, 5.74) is 5.42. The van der Waals surface area contributed by atoms with Gasteiger partial charge in [-0.2, -0.15) is 10.1 Å².